The van der Waals surface area contributed by atoms with Crippen molar-refractivity contribution in [3.05, 3.63) is 77.6 Å². The summed E-state index contributed by atoms with van der Waals surface area (Å²) in [5.41, 5.74) is 2.05. The molecule has 1 amide bonds. The van der Waals surface area contributed by atoms with Gasteiger partial charge in [0.25, 0.3) is 5.91 Å². The summed E-state index contributed by atoms with van der Waals surface area (Å²) in [6.45, 7) is 0. The normalized spacial score (nSPS) is 10.2. The van der Waals surface area contributed by atoms with E-state index < -0.39 is 0 Å². The molecule has 5 nitrogen and oxygen atoms in total. The van der Waals surface area contributed by atoms with Crippen LogP contribution in [0, 0.1) is 0 Å². The van der Waals surface area contributed by atoms with Crippen LogP contribution in [0.3, 0.4) is 0 Å². The van der Waals surface area contributed by atoms with E-state index in [0.717, 1.165) is 11.4 Å². The molecule has 120 valence electrons. The molecule has 1 N–H and O–H groups in total. The van der Waals surface area contributed by atoms with Crippen LogP contribution in [0.5, 0.6) is 0 Å². The molecular formula is C18H15ClN4O. The lowest BCUT2D eigenvalue weighted by Crippen LogP contribution is -2.26. The minimum absolute atomic E-state index is 0.167. The van der Waals surface area contributed by atoms with Gasteiger partial charge < -0.3 is 10.2 Å². The van der Waals surface area contributed by atoms with Crippen LogP contribution in [-0.4, -0.2) is 22.9 Å². The second kappa shape index (κ2) is 7.10. The summed E-state index contributed by atoms with van der Waals surface area (Å²) in [5.74, 6) is 0.246. The molecule has 0 spiro atoms. The predicted molar refractivity (Wildman–Crippen MR) is 95.9 cm³/mol. The lowest BCUT2D eigenvalue weighted by atomic mass is 10.2. The Morgan fingerprint density at radius 2 is 1.62 bits per heavy atom. The third-order valence-corrected chi connectivity index (χ3v) is 3.70. The number of benzene rings is 2. The Hall–Kier alpha value is -2.92. The highest BCUT2D eigenvalue weighted by Crippen LogP contribution is 2.17. The Morgan fingerprint density at radius 1 is 1.00 bits per heavy atom. The van der Waals surface area contributed by atoms with E-state index in [4.69, 9.17) is 11.6 Å². The van der Waals surface area contributed by atoms with Crippen LogP contribution in [0.4, 0.5) is 17.3 Å². The van der Waals surface area contributed by atoms with E-state index in [-0.39, 0.29) is 5.91 Å². The van der Waals surface area contributed by atoms with Crippen LogP contribution in [-0.2, 0) is 0 Å². The van der Waals surface area contributed by atoms with Crippen LogP contribution in [0.2, 0.25) is 5.02 Å². The maximum absolute atomic E-state index is 12.5. The van der Waals surface area contributed by atoms with E-state index in [1.54, 1.807) is 24.1 Å². The van der Waals surface area contributed by atoms with Gasteiger partial charge in [-0.05, 0) is 36.4 Å². The molecule has 0 aliphatic rings. The Morgan fingerprint density at radius 3 is 2.25 bits per heavy atom. The molecule has 0 aliphatic heterocycles. The number of para-hydroxylation sites is 1. The minimum atomic E-state index is -0.167. The van der Waals surface area contributed by atoms with Crippen molar-refractivity contribution in [1.82, 2.24) is 9.97 Å². The summed E-state index contributed by atoms with van der Waals surface area (Å²) < 4.78 is 0. The Kier molecular flexibility index (Phi) is 4.72. The summed E-state index contributed by atoms with van der Waals surface area (Å²) in [4.78, 5) is 22.4. The number of amides is 1. The SMILES string of the molecule is CN(C(=O)c1cnc(Nc2ccc(Cl)cc2)nc1)c1ccccc1. The minimum Gasteiger partial charge on any atom is -0.324 e. The number of hydrogen-bond donors (Lipinski definition) is 1. The molecule has 0 bridgehead atoms. The van der Waals surface area contributed by atoms with E-state index in [2.05, 4.69) is 15.3 Å². The topological polar surface area (TPSA) is 58.1 Å². The number of carbonyl (C=O) groups excluding carboxylic acids is 1. The lowest BCUT2D eigenvalue weighted by molar-refractivity contribution is 0.0992. The predicted octanol–water partition coefficient (Wildman–Crippen LogP) is 4.15. The number of halogens is 1. The van der Waals surface area contributed by atoms with Crippen molar-refractivity contribution in [2.75, 3.05) is 17.3 Å². The number of rotatable bonds is 4. The quantitative estimate of drug-likeness (QED) is 0.776. The number of nitrogens with one attached hydrogen (secondary N) is 1. The zero-order chi connectivity index (χ0) is 16.9. The van der Waals surface area contributed by atoms with Gasteiger partial charge >= 0.3 is 0 Å². The van der Waals surface area contributed by atoms with Gasteiger partial charge in [0.2, 0.25) is 5.95 Å². The van der Waals surface area contributed by atoms with Crippen molar-refractivity contribution in [3.8, 4) is 0 Å². The second-order valence-corrected chi connectivity index (χ2v) is 5.56. The van der Waals surface area contributed by atoms with Gasteiger partial charge in [0.15, 0.2) is 0 Å². The summed E-state index contributed by atoms with van der Waals surface area (Å²) >= 11 is 5.85. The molecule has 2 aromatic carbocycles. The van der Waals surface area contributed by atoms with Crippen molar-refractivity contribution in [2.24, 2.45) is 0 Å². The molecule has 3 rings (SSSR count). The molecule has 6 heteroatoms. The fraction of sp³-hybridized carbons (Fsp3) is 0.0556. The maximum Gasteiger partial charge on any atom is 0.261 e. The van der Waals surface area contributed by atoms with E-state index in [9.17, 15) is 4.79 Å². The summed E-state index contributed by atoms with van der Waals surface area (Å²) in [5, 5.41) is 3.71. The summed E-state index contributed by atoms with van der Waals surface area (Å²) in [7, 11) is 1.72. The third-order valence-electron chi connectivity index (χ3n) is 3.45. The monoisotopic (exact) mass is 338 g/mol. The van der Waals surface area contributed by atoms with Crippen LogP contribution in [0.25, 0.3) is 0 Å². The molecule has 0 aliphatic carbocycles. The van der Waals surface area contributed by atoms with Crippen molar-refractivity contribution in [1.29, 1.82) is 0 Å². The van der Waals surface area contributed by atoms with Gasteiger partial charge in [0.1, 0.15) is 0 Å². The first kappa shape index (κ1) is 16.0. The summed E-state index contributed by atoms with van der Waals surface area (Å²) in [6, 6.07) is 16.6. The number of hydrogen-bond acceptors (Lipinski definition) is 4. The van der Waals surface area contributed by atoms with Gasteiger partial charge in [-0.2, -0.15) is 0 Å². The lowest BCUT2D eigenvalue weighted by Gasteiger charge is -2.17. The van der Waals surface area contributed by atoms with E-state index in [1.807, 2.05) is 42.5 Å². The maximum atomic E-state index is 12.5. The highest BCUT2D eigenvalue weighted by Gasteiger charge is 2.14. The van der Waals surface area contributed by atoms with Gasteiger partial charge in [0, 0.05) is 35.8 Å². The first-order valence-corrected chi connectivity index (χ1v) is 7.69. The first-order valence-electron chi connectivity index (χ1n) is 7.31. The molecule has 0 saturated heterocycles. The highest BCUT2D eigenvalue weighted by atomic mass is 35.5. The Bertz CT molecular complexity index is 820. The van der Waals surface area contributed by atoms with Gasteiger partial charge in [-0.3, -0.25) is 4.79 Å². The van der Waals surface area contributed by atoms with Crippen LogP contribution < -0.4 is 10.2 Å². The largest absolute Gasteiger partial charge is 0.324 e. The van der Waals surface area contributed by atoms with Gasteiger partial charge in [0.05, 0.1) is 5.56 Å². The van der Waals surface area contributed by atoms with Crippen molar-refractivity contribution < 1.29 is 4.79 Å². The zero-order valence-electron chi connectivity index (χ0n) is 13.0. The van der Waals surface area contributed by atoms with Crippen molar-refractivity contribution in [3.63, 3.8) is 0 Å². The van der Waals surface area contributed by atoms with Gasteiger partial charge in [-0.25, -0.2) is 9.97 Å². The molecule has 3 aromatic rings. The molecule has 0 saturated carbocycles. The molecule has 24 heavy (non-hydrogen) atoms. The number of aromatic nitrogens is 2. The molecule has 0 radical (unpaired) electrons. The number of carbonyl (C=O) groups is 1. The van der Waals surface area contributed by atoms with E-state index >= 15 is 0 Å². The Balaban J connectivity index is 1.72. The zero-order valence-corrected chi connectivity index (χ0v) is 13.7. The number of nitrogens with zero attached hydrogens (tertiary/aromatic N) is 3. The van der Waals surface area contributed by atoms with Gasteiger partial charge in [-0.1, -0.05) is 29.8 Å². The fourth-order valence-corrected chi connectivity index (χ4v) is 2.25. The molecular weight excluding hydrogens is 324 g/mol. The molecule has 0 atom stereocenters. The highest BCUT2D eigenvalue weighted by molar-refractivity contribution is 6.30. The van der Waals surface area contributed by atoms with E-state index in [1.165, 1.54) is 12.4 Å². The van der Waals surface area contributed by atoms with Crippen molar-refractivity contribution >= 4 is 34.8 Å². The van der Waals surface area contributed by atoms with Crippen molar-refractivity contribution in [2.45, 2.75) is 0 Å². The molecule has 0 fully saturated rings. The summed E-state index contributed by atoms with van der Waals surface area (Å²) in [6.07, 6.45) is 3.01. The average Bonchev–Trinajstić information content (AvgIpc) is 2.64. The second-order valence-electron chi connectivity index (χ2n) is 5.13. The molecule has 0 unspecified atom stereocenters. The third kappa shape index (κ3) is 3.70. The Labute approximate surface area is 144 Å². The number of anilines is 3. The molecule has 1 heterocycles. The van der Waals surface area contributed by atoms with Crippen LogP contribution >= 0.6 is 11.6 Å². The first-order chi connectivity index (χ1) is 11.6. The van der Waals surface area contributed by atoms with Crippen LogP contribution in [0.1, 0.15) is 10.4 Å². The van der Waals surface area contributed by atoms with E-state index in [0.29, 0.717) is 16.5 Å². The van der Waals surface area contributed by atoms with Gasteiger partial charge in [-0.15, -0.1) is 0 Å². The van der Waals surface area contributed by atoms with Crippen LogP contribution in [0.15, 0.2) is 67.0 Å². The smallest absolute Gasteiger partial charge is 0.261 e. The molecule has 1 aromatic heterocycles. The standard InChI is InChI=1S/C18H15ClN4O/c1-23(16-5-3-2-4-6-16)17(24)13-11-20-18(21-12-13)22-15-9-7-14(19)8-10-15/h2-12H,1H3,(H,20,21,22). The fourth-order valence-electron chi connectivity index (χ4n) is 2.13. The average molecular weight is 339 g/mol.